The van der Waals surface area contributed by atoms with E-state index in [1.54, 1.807) is 0 Å². The van der Waals surface area contributed by atoms with Gasteiger partial charge in [0.05, 0.1) is 12.4 Å². The van der Waals surface area contributed by atoms with E-state index in [0.29, 0.717) is 16.3 Å². The number of halogens is 1. The molecule has 0 radical (unpaired) electrons. The van der Waals surface area contributed by atoms with Crippen LogP contribution in [0.4, 0.5) is 0 Å². The van der Waals surface area contributed by atoms with Crippen LogP contribution in [-0.4, -0.2) is 21.9 Å². The van der Waals surface area contributed by atoms with Crippen molar-refractivity contribution in [1.82, 2.24) is 15.3 Å². The number of nitrogens with one attached hydrogen (secondary N) is 1. The summed E-state index contributed by atoms with van der Waals surface area (Å²) in [7, 11) is 0. The predicted octanol–water partition coefficient (Wildman–Crippen LogP) is 1.13. The van der Waals surface area contributed by atoms with Crippen LogP contribution < -0.4 is 5.32 Å². The molecule has 1 aliphatic carbocycles. The first-order valence-corrected chi connectivity index (χ1v) is 4.83. The number of rotatable bonds is 2. The Morgan fingerprint density at radius 1 is 1.46 bits per heavy atom. The minimum atomic E-state index is -0.137. The molecule has 0 aromatic carbocycles. The van der Waals surface area contributed by atoms with E-state index in [4.69, 9.17) is 0 Å². The van der Waals surface area contributed by atoms with Crippen molar-refractivity contribution in [2.75, 3.05) is 0 Å². The molecule has 13 heavy (non-hydrogen) atoms. The zero-order valence-corrected chi connectivity index (χ0v) is 8.41. The van der Waals surface area contributed by atoms with Crippen molar-refractivity contribution in [3.8, 4) is 0 Å². The molecule has 4 nitrogen and oxygen atoms in total. The Labute approximate surface area is 83.9 Å². The predicted molar refractivity (Wildman–Crippen MR) is 50.2 cm³/mol. The maximum absolute atomic E-state index is 11.4. The number of nitrogens with zero attached hydrogens (tertiary/aromatic N) is 2. The fourth-order valence-electron chi connectivity index (χ4n) is 0.917. The summed E-state index contributed by atoms with van der Waals surface area (Å²) in [5, 5.41) is 2.83. The van der Waals surface area contributed by atoms with Crippen molar-refractivity contribution in [3.05, 3.63) is 22.7 Å². The van der Waals surface area contributed by atoms with Gasteiger partial charge in [-0.05, 0) is 28.8 Å². The summed E-state index contributed by atoms with van der Waals surface area (Å²) < 4.78 is 0.635. The third kappa shape index (κ3) is 2.24. The maximum atomic E-state index is 11.4. The van der Waals surface area contributed by atoms with Crippen molar-refractivity contribution in [2.45, 2.75) is 18.9 Å². The number of carbonyl (C=O) groups is 1. The number of carbonyl (C=O) groups excluding carboxylic acids is 1. The fourth-order valence-corrected chi connectivity index (χ4v) is 1.12. The second-order valence-corrected chi connectivity index (χ2v) is 3.78. The largest absolute Gasteiger partial charge is 0.348 e. The third-order valence-electron chi connectivity index (χ3n) is 1.77. The zero-order chi connectivity index (χ0) is 9.26. The number of aromatic nitrogens is 2. The number of amides is 1. The van der Waals surface area contributed by atoms with Gasteiger partial charge in [-0.15, -0.1) is 0 Å². The van der Waals surface area contributed by atoms with Crippen LogP contribution >= 0.6 is 15.9 Å². The van der Waals surface area contributed by atoms with Crippen LogP contribution in [0.15, 0.2) is 17.0 Å². The van der Waals surface area contributed by atoms with Crippen LogP contribution in [0, 0.1) is 0 Å². The minimum Gasteiger partial charge on any atom is -0.348 e. The van der Waals surface area contributed by atoms with Crippen molar-refractivity contribution in [2.24, 2.45) is 0 Å². The fraction of sp³-hybridized carbons (Fsp3) is 0.375. The molecule has 0 saturated heterocycles. The number of hydrogen-bond donors (Lipinski definition) is 1. The Bertz CT molecular complexity index is 321. The molecule has 1 amide bonds. The first-order chi connectivity index (χ1) is 6.25. The van der Waals surface area contributed by atoms with E-state index in [-0.39, 0.29) is 5.91 Å². The van der Waals surface area contributed by atoms with E-state index < -0.39 is 0 Å². The summed E-state index contributed by atoms with van der Waals surface area (Å²) in [6.45, 7) is 0. The number of hydrogen-bond acceptors (Lipinski definition) is 3. The smallest absolute Gasteiger partial charge is 0.271 e. The molecule has 1 N–H and O–H groups in total. The molecule has 1 fully saturated rings. The first-order valence-electron chi connectivity index (χ1n) is 4.04. The van der Waals surface area contributed by atoms with Gasteiger partial charge in [0.15, 0.2) is 0 Å². The minimum absolute atomic E-state index is 0.137. The average Bonchev–Trinajstić information content (AvgIpc) is 2.89. The van der Waals surface area contributed by atoms with Crippen molar-refractivity contribution in [1.29, 1.82) is 0 Å². The maximum Gasteiger partial charge on any atom is 0.271 e. The second-order valence-electron chi connectivity index (χ2n) is 2.97. The van der Waals surface area contributed by atoms with Gasteiger partial charge in [0.2, 0.25) is 0 Å². The highest BCUT2D eigenvalue weighted by Gasteiger charge is 2.24. The van der Waals surface area contributed by atoms with Crippen LogP contribution in [0.5, 0.6) is 0 Å². The van der Waals surface area contributed by atoms with Gasteiger partial charge in [-0.2, -0.15) is 0 Å². The highest BCUT2D eigenvalue weighted by molar-refractivity contribution is 9.10. The molecule has 0 atom stereocenters. The van der Waals surface area contributed by atoms with Gasteiger partial charge in [-0.1, -0.05) is 0 Å². The van der Waals surface area contributed by atoms with Gasteiger partial charge in [-0.3, -0.25) is 4.79 Å². The van der Waals surface area contributed by atoms with Crippen molar-refractivity contribution >= 4 is 21.8 Å². The second kappa shape index (κ2) is 3.41. The van der Waals surface area contributed by atoms with Gasteiger partial charge in [0.1, 0.15) is 10.3 Å². The molecule has 0 unspecified atom stereocenters. The van der Waals surface area contributed by atoms with Gasteiger partial charge >= 0.3 is 0 Å². The molecular formula is C8H8BrN3O. The molecule has 68 valence electrons. The van der Waals surface area contributed by atoms with Gasteiger partial charge in [0.25, 0.3) is 5.91 Å². The Hall–Kier alpha value is -0.970. The average molecular weight is 242 g/mol. The molecule has 1 aromatic rings. The summed E-state index contributed by atoms with van der Waals surface area (Å²) >= 11 is 3.15. The molecular weight excluding hydrogens is 234 g/mol. The molecule has 0 bridgehead atoms. The molecule has 0 aliphatic heterocycles. The van der Waals surface area contributed by atoms with Crippen LogP contribution in [0.2, 0.25) is 0 Å². The standard InChI is InChI=1S/C8H8BrN3O/c9-7-4-10-6(3-11-7)8(13)12-5-1-2-5/h3-5H,1-2H2,(H,12,13). The molecule has 1 heterocycles. The third-order valence-corrected chi connectivity index (χ3v) is 2.18. The molecule has 0 spiro atoms. The lowest BCUT2D eigenvalue weighted by Crippen LogP contribution is -2.26. The molecule has 5 heteroatoms. The van der Waals surface area contributed by atoms with Crippen LogP contribution in [0.25, 0.3) is 0 Å². The highest BCUT2D eigenvalue weighted by atomic mass is 79.9. The van der Waals surface area contributed by atoms with E-state index in [9.17, 15) is 4.79 Å². The van der Waals surface area contributed by atoms with Gasteiger partial charge in [-0.25, -0.2) is 9.97 Å². The summed E-state index contributed by atoms with van der Waals surface area (Å²) in [6, 6.07) is 0.359. The zero-order valence-electron chi connectivity index (χ0n) is 6.83. The topological polar surface area (TPSA) is 54.9 Å². The molecule has 1 aliphatic rings. The highest BCUT2D eigenvalue weighted by Crippen LogP contribution is 2.18. The van der Waals surface area contributed by atoms with E-state index in [1.165, 1.54) is 12.4 Å². The summed E-state index contributed by atoms with van der Waals surface area (Å²) in [5.74, 6) is -0.137. The Morgan fingerprint density at radius 2 is 2.23 bits per heavy atom. The Balaban J connectivity index is 2.05. The molecule has 1 aromatic heterocycles. The van der Waals surface area contributed by atoms with Crippen LogP contribution in [0.3, 0.4) is 0 Å². The lowest BCUT2D eigenvalue weighted by molar-refractivity contribution is 0.0945. The van der Waals surface area contributed by atoms with Crippen LogP contribution in [0.1, 0.15) is 23.3 Å². The first kappa shape index (κ1) is 8.62. The van der Waals surface area contributed by atoms with Gasteiger partial charge in [0, 0.05) is 6.04 Å². The lowest BCUT2D eigenvalue weighted by atomic mass is 10.4. The quantitative estimate of drug-likeness (QED) is 0.845. The lowest BCUT2D eigenvalue weighted by Gasteiger charge is -2.00. The van der Waals surface area contributed by atoms with E-state index in [2.05, 4.69) is 31.2 Å². The van der Waals surface area contributed by atoms with Gasteiger partial charge < -0.3 is 5.32 Å². The summed E-state index contributed by atoms with van der Waals surface area (Å²) in [4.78, 5) is 19.2. The monoisotopic (exact) mass is 241 g/mol. The Morgan fingerprint density at radius 3 is 2.77 bits per heavy atom. The van der Waals surface area contributed by atoms with E-state index in [0.717, 1.165) is 12.8 Å². The Kier molecular flexibility index (Phi) is 2.26. The summed E-state index contributed by atoms with van der Waals surface area (Å²) in [5.41, 5.74) is 0.370. The van der Waals surface area contributed by atoms with Crippen LogP contribution in [-0.2, 0) is 0 Å². The van der Waals surface area contributed by atoms with Crippen molar-refractivity contribution < 1.29 is 4.79 Å². The molecule has 1 saturated carbocycles. The summed E-state index contributed by atoms with van der Waals surface area (Å²) in [6.07, 6.45) is 5.13. The van der Waals surface area contributed by atoms with E-state index in [1.807, 2.05) is 0 Å². The molecule has 2 rings (SSSR count). The van der Waals surface area contributed by atoms with Crippen molar-refractivity contribution in [3.63, 3.8) is 0 Å². The van der Waals surface area contributed by atoms with E-state index >= 15 is 0 Å². The SMILES string of the molecule is O=C(NC1CC1)c1cnc(Br)cn1. The normalized spacial score (nSPS) is 15.5.